The van der Waals surface area contributed by atoms with Gasteiger partial charge >= 0.3 is 0 Å². The van der Waals surface area contributed by atoms with Gasteiger partial charge in [0.15, 0.2) is 5.71 Å². The van der Waals surface area contributed by atoms with E-state index in [-0.39, 0.29) is 36.3 Å². The Labute approximate surface area is 208 Å². The number of aromatic nitrogens is 3. The molecule has 0 spiro atoms. The average Bonchev–Trinajstić information content (AvgIpc) is 3.48. The number of carbonyl (C=O) groups is 3. The van der Waals surface area contributed by atoms with Crippen molar-refractivity contribution in [1.82, 2.24) is 19.8 Å². The average molecular weight is 512 g/mol. The molecule has 186 valence electrons. The molecular formula is C22H21N7O6S. The number of nitrogens with two attached hydrogens (primary N) is 1. The number of fused-ring (bicyclic) bond motifs is 2. The third kappa shape index (κ3) is 4.04. The van der Waals surface area contributed by atoms with Gasteiger partial charge in [0.2, 0.25) is 0 Å². The van der Waals surface area contributed by atoms with Gasteiger partial charge in [0, 0.05) is 17.4 Å². The predicted octanol–water partition coefficient (Wildman–Crippen LogP) is -1.36. The zero-order valence-corrected chi connectivity index (χ0v) is 19.8. The smallest absolute Gasteiger partial charge is 0.292 e. The molecule has 3 aromatic heterocycles. The number of hydrogen-bond donors (Lipinski definition) is 2. The molecule has 36 heavy (non-hydrogen) atoms. The maximum Gasteiger partial charge on any atom is 0.292 e. The molecule has 5 heterocycles. The summed E-state index contributed by atoms with van der Waals surface area (Å²) in [5.74, 6) is -2.43. The lowest BCUT2D eigenvalue weighted by Gasteiger charge is -2.50. The van der Waals surface area contributed by atoms with Crippen LogP contribution in [0.5, 0.6) is 0 Å². The van der Waals surface area contributed by atoms with Gasteiger partial charge < -0.3 is 30.2 Å². The SMILES string of the molecule is CCO/N=C(/C(=O)N[C@@H]1C(=O)N2C(C(=O)[O-])=C(Cn3cc[n+]4ccccc34)CS[C@H]12)c1coc(N)n1. The Balaban J connectivity index is 1.37. The summed E-state index contributed by atoms with van der Waals surface area (Å²) in [6, 6.07) is 4.54. The molecule has 0 unspecified atom stereocenters. The third-order valence-corrected chi connectivity index (χ3v) is 7.06. The molecule has 1 fully saturated rings. The number of nitrogens with one attached hydrogen (secondary N) is 1. The highest BCUT2D eigenvalue weighted by Gasteiger charge is 2.53. The first-order valence-corrected chi connectivity index (χ1v) is 12.0. The minimum Gasteiger partial charge on any atom is -0.543 e. The maximum absolute atomic E-state index is 13.0. The van der Waals surface area contributed by atoms with E-state index in [1.807, 2.05) is 45.8 Å². The van der Waals surface area contributed by atoms with Crippen LogP contribution in [0.4, 0.5) is 6.01 Å². The molecule has 14 heteroatoms. The van der Waals surface area contributed by atoms with Gasteiger partial charge in [-0.25, -0.2) is 8.97 Å². The van der Waals surface area contributed by atoms with Gasteiger partial charge in [0.25, 0.3) is 23.5 Å². The van der Waals surface area contributed by atoms with E-state index in [1.54, 1.807) is 6.92 Å². The van der Waals surface area contributed by atoms with E-state index < -0.39 is 29.2 Å². The van der Waals surface area contributed by atoms with Gasteiger partial charge in [-0.1, -0.05) is 11.2 Å². The number of rotatable bonds is 8. The van der Waals surface area contributed by atoms with Crippen LogP contribution in [0.25, 0.3) is 5.65 Å². The highest BCUT2D eigenvalue weighted by atomic mass is 32.2. The summed E-state index contributed by atoms with van der Waals surface area (Å²) in [4.78, 5) is 48.1. The molecule has 5 rings (SSSR count). The normalized spacial score (nSPS) is 19.8. The van der Waals surface area contributed by atoms with E-state index in [4.69, 9.17) is 15.0 Å². The molecule has 2 aliphatic rings. The van der Waals surface area contributed by atoms with Crippen LogP contribution in [0.3, 0.4) is 0 Å². The van der Waals surface area contributed by atoms with Crippen LogP contribution in [0.1, 0.15) is 12.6 Å². The Morgan fingerprint density at radius 3 is 2.97 bits per heavy atom. The third-order valence-electron chi connectivity index (χ3n) is 5.72. The van der Waals surface area contributed by atoms with Crippen molar-refractivity contribution in [2.75, 3.05) is 18.1 Å². The van der Waals surface area contributed by atoms with Gasteiger partial charge in [-0.05, 0) is 13.0 Å². The van der Waals surface area contributed by atoms with E-state index >= 15 is 0 Å². The molecule has 0 saturated carbocycles. The van der Waals surface area contributed by atoms with Crippen molar-refractivity contribution in [2.24, 2.45) is 5.16 Å². The van der Waals surface area contributed by atoms with Crippen LogP contribution < -0.4 is 20.6 Å². The first-order valence-electron chi connectivity index (χ1n) is 10.9. The number of carbonyl (C=O) groups excluding carboxylic acids is 3. The van der Waals surface area contributed by atoms with Gasteiger partial charge in [-0.2, -0.15) is 4.98 Å². The summed E-state index contributed by atoms with van der Waals surface area (Å²) in [5, 5.41) is 17.8. The molecule has 1 saturated heterocycles. The van der Waals surface area contributed by atoms with E-state index in [0.29, 0.717) is 11.3 Å². The van der Waals surface area contributed by atoms with E-state index in [1.165, 1.54) is 11.8 Å². The molecule has 13 nitrogen and oxygen atoms in total. The number of nitrogen functional groups attached to an aromatic ring is 1. The number of oxazole rings is 1. The fourth-order valence-corrected chi connectivity index (χ4v) is 5.45. The van der Waals surface area contributed by atoms with Crippen molar-refractivity contribution in [3.8, 4) is 0 Å². The lowest BCUT2D eigenvalue weighted by Crippen LogP contribution is -2.71. The summed E-state index contributed by atoms with van der Waals surface area (Å²) in [5.41, 5.74) is 6.52. The fraction of sp³-hybridized carbons (Fsp3) is 0.273. The number of imidazole rings is 1. The summed E-state index contributed by atoms with van der Waals surface area (Å²) in [6.07, 6.45) is 6.72. The summed E-state index contributed by atoms with van der Waals surface area (Å²) < 4.78 is 8.74. The fourth-order valence-electron chi connectivity index (χ4n) is 4.12. The lowest BCUT2D eigenvalue weighted by molar-refractivity contribution is -0.510. The van der Waals surface area contributed by atoms with Crippen LogP contribution in [0.15, 0.2) is 63.9 Å². The van der Waals surface area contributed by atoms with Crippen molar-refractivity contribution in [2.45, 2.75) is 24.9 Å². The first-order chi connectivity index (χ1) is 17.4. The summed E-state index contributed by atoms with van der Waals surface area (Å²) in [6.45, 7) is 2.14. The Bertz CT molecular complexity index is 1430. The van der Waals surface area contributed by atoms with Gasteiger partial charge in [-0.15, -0.1) is 11.8 Å². The molecule has 0 radical (unpaired) electrons. The number of amides is 2. The minimum atomic E-state index is -1.45. The topological polar surface area (TPSA) is 172 Å². The van der Waals surface area contributed by atoms with Crippen LogP contribution in [0, 0.1) is 0 Å². The van der Waals surface area contributed by atoms with E-state index in [9.17, 15) is 19.5 Å². The Morgan fingerprint density at radius 1 is 1.42 bits per heavy atom. The molecule has 2 amide bonds. The summed E-state index contributed by atoms with van der Waals surface area (Å²) >= 11 is 1.35. The number of carboxylic acids is 1. The largest absolute Gasteiger partial charge is 0.543 e. The Hall–Kier alpha value is -4.33. The monoisotopic (exact) mass is 511 g/mol. The molecule has 0 bridgehead atoms. The second kappa shape index (κ2) is 9.37. The van der Waals surface area contributed by atoms with Crippen molar-refractivity contribution in [3.63, 3.8) is 0 Å². The Morgan fingerprint density at radius 2 is 2.25 bits per heavy atom. The second-order valence-corrected chi connectivity index (χ2v) is 9.03. The Kier molecular flexibility index (Phi) is 6.10. The number of thioether (sulfide) groups is 1. The lowest BCUT2D eigenvalue weighted by atomic mass is 10.0. The molecule has 3 N–H and O–H groups in total. The summed E-state index contributed by atoms with van der Waals surface area (Å²) in [7, 11) is 0. The zero-order valence-electron chi connectivity index (χ0n) is 19.0. The second-order valence-electron chi connectivity index (χ2n) is 7.92. The number of pyridine rings is 1. The standard InChI is InChI=1S/C22H21N7O6S/c1-2-35-26-15(13-10-34-22(23)24-13)18(30)25-16-19(31)29-17(21(32)33)12(11-36-20(16)29)9-28-8-7-27-6-4-3-5-14(27)28/h3-8,10,16,20H,2,9,11H2,1H3,(H3-,23,24,25,30,32,33)/b26-15+/t16-,20-/m1/s1. The van der Waals surface area contributed by atoms with E-state index in [0.717, 1.165) is 16.8 Å². The van der Waals surface area contributed by atoms with Crippen molar-refractivity contribution in [3.05, 3.63) is 60.0 Å². The quantitative estimate of drug-likeness (QED) is 0.160. The molecule has 3 aromatic rings. The molecule has 0 aromatic carbocycles. The number of carboxylic acid groups (broad SMARTS) is 1. The number of β-lactam (4-membered cyclic amide) rings is 1. The van der Waals surface area contributed by atoms with Crippen LogP contribution in [-0.2, 0) is 25.8 Å². The molecular weight excluding hydrogens is 490 g/mol. The highest BCUT2D eigenvalue weighted by Crippen LogP contribution is 2.40. The maximum atomic E-state index is 13.0. The van der Waals surface area contributed by atoms with Crippen LogP contribution >= 0.6 is 11.8 Å². The van der Waals surface area contributed by atoms with Crippen molar-refractivity contribution < 1.29 is 33.1 Å². The van der Waals surface area contributed by atoms with Crippen molar-refractivity contribution in [1.29, 1.82) is 0 Å². The first kappa shape index (κ1) is 23.4. The van der Waals surface area contributed by atoms with Gasteiger partial charge in [0.05, 0.1) is 17.9 Å². The molecule has 0 aliphatic carbocycles. The van der Waals surface area contributed by atoms with Gasteiger partial charge in [0.1, 0.15) is 48.9 Å². The van der Waals surface area contributed by atoms with Crippen molar-refractivity contribution >= 4 is 46.9 Å². The number of hydrogen-bond acceptors (Lipinski definition) is 10. The minimum absolute atomic E-state index is 0.0350. The van der Waals surface area contributed by atoms with Crippen LogP contribution in [-0.4, -0.2) is 61.7 Å². The number of aliphatic carboxylic acids is 1. The number of oxime groups is 1. The van der Waals surface area contributed by atoms with Gasteiger partial charge in [-0.3, -0.25) is 14.5 Å². The molecule has 2 atom stereocenters. The zero-order chi connectivity index (χ0) is 25.4. The highest BCUT2D eigenvalue weighted by molar-refractivity contribution is 8.00. The predicted molar refractivity (Wildman–Crippen MR) is 124 cm³/mol. The number of nitrogens with zero attached hydrogens (tertiary/aromatic N) is 5. The van der Waals surface area contributed by atoms with E-state index in [2.05, 4.69) is 15.5 Å². The number of anilines is 1. The van der Waals surface area contributed by atoms with Crippen LogP contribution in [0.2, 0.25) is 0 Å². The molecule has 2 aliphatic heterocycles.